The van der Waals surface area contributed by atoms with Crippen LogP contribution in [-0.2, 0) is 30.3 Å². The number of unbranched alkanes of at least 4 members (excludes halogenated alkanes) is 1. The third-order valence-corrected chi connectivity index (χ3v) is 8.92. The van der Waals surface area contributed by atoms with Crippen molar-refractivity contribution in [2.75, 3.05) is 13.7 Å². The van der Waals surface area contributed by atoms with E-state index in [1.54, 1.807) is 25.1 Å². The van der Waals surface area contributed by atoms with Crippen LogP contribution in [0, 0.1) is 23.7 Å². The average Bonchev–Trinajstić information content (AvgIpc) is 3.87. The zero-order chi connectivity index (χ0) is 35.8. The minimum absolute atomic E-state index is 0.0216. The van der Waals surface area contributed by atoms with E-state index in [0.29, 0.717) is 41.4 Å². The zero-order valence-corrected chi connectivity index (χ0v) is 30.3. The number of benzene rings is 2. The Balaban J connectivity index is 0.00000392. The number of esters is 1. The number of carboxylic acid groups (broad SMARTS) is 1. The monoisotopic (exact) mass is 686 g/mol. The number of amides is 2. The van der Waals surface area contributed by atoms with Crippen molar-refractivity contribution in [2.24, 2.45) is 23.7 Å². The minimum Gasteiger partial charge on any atom is -0.495 e. The number of aliphatic carboxylic acids is 1. The second kappa shape index (κ2) is 20.7. The van der Waals surface area contributed by atoms with Crippen LogP contribution < -0.4 is 15.4 Å². The minimum atomic E-state index is -1.25. The van der Waals surface area contributed by atoms with E-state index < -0.39 is 35.9 Å². The van der Waals surface area contributed by atoms with Crippen LogP contribution in [-0.4, -0.2) is 54.7 Å². The third kappa shape index (κ3) is 13.5. The Hall–Kier alpha value is -3.59. The Bertz CT molecular complexity index is 1320. The molecule has 0 heterocycles. The first kappa shape index (κ1) is 40.6. The fourth-order valence-corrected chi connectivity index (χ4v) is 6.07. The molecule has 0 radical (unpaired) electrons. The highest BCUT2D eigenvalue weighted by Crippen LogP contribution is 2.52. The Morgan fingerprint density at radius 2 is 1.69 bits per heavy atom. The highest BCUT2D eigenvalue weighted by atomic mass is 35.5. The number of hydrogen-bond donors (Lipinski definition) is 3. The van der Waals surface area contributed by atoms with Gasteiger partial charge in [0.05, 0.1) is 18.1 Å². The van der Waals surface area contributed by atoms with Crippen molar-refractivity contribution in [1.29, 1.82) is 0 Å². The largest absolute Gasteiger partial charge is 0.495 e. The lowest BCUT2D eigenvalue weighted by Crippen LogP contribution is -2.49. The molecule has 3 rings (SSSR count). The van der Waals surface area contributed by atoms with Crippen molar-refractivity contribution < 1.29 is 33.8 Å². The van der Waals surface area contributed by atoms with Gasteiger partial charge in [-0.2, -0.15) is 0 Å². The first-order chi connectivity index (χ1) is 22.9. The molecule has 5 unspecified atom stereocenters. The van der Waals surface area contributed by atoms with E-state index in [1.807, 2.05) is 33.8 Å². The van der Waals surface area contributed by atoms with Crippen molar-refractivity contribution in [3.05, 3.63) is 64.7 Å². The Kier molecular flexibility index (Phi) is 17.5. The van der Waals surface area contributed by atoms with Gasteiger partial charge in [0.1, 0.15) is 11.8 Å². The summed E-state index contributed by atoms with van der Waals surface area (Å²) in [6, 6.07) is 14.9. The van der Waals surface area contributed by atoms with E-state index >= 15 is 0 Å². The van der Waals surface area contributed by atoms with Gasteiger partial charge in [0.2, 0.25) is 11.8 Å². The molecule has 2 amide bonds. The molecule has 0 aliphatic heterocycles. The summed E-state index contributed by atoms with van der Waals surface area (Å²) < 4.78 is 10.4. The molecule has 0 saturated heterocycles. The average molecular weight is 687 g/mol. The van der Waals surface area contributed by atoms with E-state index in [4.69, 9.17) is 21.1 Å². The molecule has 1 fully saturated rings. The number of hydrogen-bond acceptors (Lipinski definition) is 6. The molecule has 0 spiro atoms. The molecule has 2 aromatic carbocycles. The number of nitrogens with one attached hydrogen (secondary N) is 2. The molecule has 6 atom stereocenters. The normalized spacial score (nSPS) is 17.5. The van der Waals surface area contributed by atoms with Crippen LogP contribution in [0.15, 0.2) is 48.5 Å². The van der Waals surface area contributed by atoms with E-state index in [1.165, 1.54) is 19.1 Å². The summed E-state index contributed by atoms with van der Waals surface area (Å²) in [4.78, 5) is 50.4. The van der Waals surface area contributed by atoms with Crippen LogP contribution in [0.2, 0.25) is 5.02 Å². The molecule has 2 aromatic rings. The van der Waals surface area contributed by atoms with Gasteiger partial charge in [0.15, 0.2) is 6.10 Å². The van der Waals surface area contributed by atoms with Crippen molar-refractivity contribution in [3.8, 4) is 5.75 Å². The number of methoxy groups -OCH3 is 1. The number of carbonyl (C=O) groups excluding carboxylic acids is 3. The molecule has 3 N–H and O–H groups in total. The summed E-state index contributed by atoms with van der Waals surface area (Å²) in [7, 11) is 1.51. The van der Waals surface area contributed by atoms with Gasteiger partial charge in [-0.15, -0.1) is 0 Å². The van der Waals surface area contributed by atoms with Crippen molar-refractivity contribution in [1.82, 2.24) is 10.6 Å². The summed E-state index contributed by atoms with van der Waals surface area (Å²) >= 11 is 6.31. The quantitative estimate of drug-likeness (QED) is 0.105. The second-order valence-corrected chi connectivity index (χ2v) is 13.4. The molecular weight excluding hydrogens is 632 g/mol. The Morgan fingerprint density at radius 1 is 1.00 bits per heavy atom. The number of ether oxygens (including phenoxy) is 2. The van der Waals surface area contributed by atoms with E-state index in [-0.39, 0.29) is 31.2 Å². The maximum absolute atomic E-state index is 13.3. The van der Waals surface area contributed by atoms with E-state index in [0.717, 1.165) is 18.4 Å². The second-order valence-electron chi connectivity index (χ2n) is 13.0. The SMILES string of the molecule is CC.COc1ccc(C[C@@H](NC(=O)CCCCC(C)C2CC2c2ccccc2)C(=O)NCC(C)C(=O)OC(CC(C)C)C(=O)O)cc1Cl. The van der Waals surface area contributed by atoms with Gasteiger partial charge in [-0.1, -0.05) is 102 Å². The van der Waals surface area contributed by atoms with E-state index in [9.17, 15) is 24.3 Å². The van der Waals surface area contributed by atoms with Crippen molar-refractivity contribution in [3.63, 3.8) is 0 Å². The molecule has 0 bridgehead atoms. The molecule has 10 heteroatoms. The molecule has 0 aromatic heterocycles. The maximum Gasteiger partial charge on any atom is 0.345 e. The zero-order valence-electron chi connectivity index (χ0n) is 29.6. The lowest BCUT2D eigenvalue weighted by molar-refractivity contribution is -0.167. The number of carboxylic acids is 1. The summed E-state index contributed by atoms with van der Waals surface area (Å²) in [5.41, 5.74) is 2.13. The van der Waals surface area contributed by atoms with Crippen LogP contribution in [0.3, 0.4) is 0 Å². The molecule has 1 saturated carbocycles. The summed E-state index contributed by atoms with van der Waals surface area (Å²) in [5, 5.41) is 15.4. The van der Waals surface area contributed by atoms with Gasteiger partial charge in [-0.3, -0.25) is 14.4 Å². The van der Waals surface area contributed by atoms with Crippen molar-refractivity contribution >= 4 is 35.4 Å². The molecule has 1 aliphatic rings. The van der Waals surface area contributed by atoms with Crippen LogP contribution >= 0.6 is 11.6 Å². The Morgan fingerprint density at radius 3 is 2.29 bits per heavy atom. The number of rotatable bonds is 19. The lowest BCUT2D eigenvalue weighted by Gasteiger charge is -2.21. The van der Waals surface area contributed by atoms with Gasteiger partial charge >= 0.3 is 11.9 Å². The van der Waals surface area contributed by atoms with Crippen LogP contribution in [0.4, 0.5) is 0 Å². The third-order valence-electron chi connectivity index (χ3n) is 8.62. The molecule has 9 nitrogen and oxygen atoms in total. The Labute approximate surface area is 291 Å². The smallest absolute Gasteiger partial charge is 0.345 e. The highest BCUT2D eigenvalue weighted by molar-refractivity contribution is 6.32. The van der Waals surface area contributed by atoms with Crippen molar-refractivity contribution in [2.45, 2.75) is 105 Å². The fraction of sp³-hybridized carbons (Fsp3) is 0.579. The molecule has 1 aliphatic carbocycles. The van der Waals surface area contributed by atoms with Gasteiger partial charge in [-0.05, 0) is 66.2 Å². The van der Waals surface area contributed by atoms with E-state index in [2.05, 4.69) is 41.8 Å². The summed E-state index contributed by atoms with van der Waals surface area (Å²) in [5.74, 6) is -1.000. The standard InChI is InChI=1S/C36H49ClN2O7.C2H6/c1-22(2)17-32(35(42)43)46-36(44)24(4)21-38-34(41)30(19-25-15-16-31(45-5)29(37)18-25)39-33(40)14-10-9-11-23(3)27-20-28(27)26-12-7-6-8-13-26;1-2/h6-8,12-13,15-16,18,22-24,27-28,30,32H,9-11,14,17,19-21H2,1-5H3,(H,38,41)(H,39,40)(H,42,43);1-2H3/t23?,24?,27?,28?,30-,32?;/m1./s1. The maximum atomic E-state index is 13.3. The first-order valence-corrected chi connectivity index (χ1v) is 17.6. The number of halogens is 1. The molecule has 48 heavy (non-hydrogen) atoms. The van der Waals surface area contributed by atoms with Gasteiger partial charge < -0.3 is 25.2 Å². The molecule has 266 valence electrons. The molecular formula is C38H55ClN2O7. The number of carbonyl (C=O) groups is 4. The predicted octanol–water partition coefficient (Wildman–Crippen LogP) is 7.20. The highest BCUT2D eigenvalue weighted by Gasteiger charge is 2.41. The van der Waals surface area contributed by atoms with Gasteiger partial charge in [-0.25, -0.2) is 4.79 Å². The van der Waals surface area contributed by atoms with Crippen LogP contribution in [0.5, 0.6) is 5.75 Å². The fourth-order valence-electron chi connectivity index (χ4n) is 5.79. The summed E-state index contributed by atoms with van der Waals surface area (Å²) in [6.07, 6.45) is 3.30. The topological polar surface area (TPSA) is 131 Å². The van der Waals surface area contributed by atoms with Gasteiger partial charge in [0.25, 0.3) is 0 Å². The lowest BCUT2D eigenvalue weighted by atomic mass is 9.95. The van der Waals surface area contributed by atoms with Crippen LogP contribution in [0.1, 0.15) is 97.1 Å². The predicted molar refractivity (Wildman–Crippen MR) is 189 cm³/mol. The van der Waals surface area contributed by atoms with Crippen LogP contribution in [0.25, 0.3) is 0 Å². The summed E-state index contributed by atoms with van der Waals surface area (Å²) in [6.45, 7) is 11.4. The first-order valence-electron chi connectivity index (χ1n) is 17.3. The van der Waals surface area contributed by atoms with Gasteiger partial charge in [0, 0.05) is 19.4 Å².